The topological polar surface area (TPSA) is 39.9 Å². The van der Waals surface area contributed by atoms with Crippen molar-refractivity contribution in [3.05, 3.63) is 64.7 Å². The van der Waals surface area contributed by atoms with Gasteiger partial charge in [0.1, 0.15) is 0 Å². The number of halogens is 3. The average molecular weight is 424 g/mol. The standard InChI is InChI=1S/C20H20ClF2N3OS/c1-13(14-8-9-17(22)18(23)12-14)28-20-25-24-19(26(20)10-5-11-27-2)15-6-3-4-7-16(15)21/h3-4,6-9,12-13H,5,10-11H2,1-2H3. The highest BCUT2D eigenvalue weighted by Crippen LogP contribution is 2.37. The third kappa shape index (κ3) is 4.71. The Bertz CT molecular complexity index is 951. The van der Waals surface area contributed by atoms with E-state index in [0.717, 1.165) is 18.1 Å². The number of aromatic nitrogens is 3. The Morgan fingerprint density at radius 2 is 1.93 bits per heavy atom. The molecule has 0 spiro atoms. The van der Waals surface area contributed by atoms with Crippen molar-refractivity contribution in [1.82, 2.24) is 14.8 Å². The summed E-state index contributed by atoms with van der Waals surface area (Å²) in [6, 6.07) is 11.4. The van der Waals surface area contributed by atoms with Gasteiger partial charge in [-0.1, -0.05) is 41.6 Å². The lowest BCUT2D eigenvalue weighted by atomic mass is 10.1. The van der Waals surface area contributed by atoms with Crippen LogP contribution in [-0.2, 0) is 11.3 Å². The van der Waals surface area contributed by atoms with Crippen LogP contribution in [0.5, 0.6) is 0 Å². The van der Waals surface area contributed by atoms with E-state index in [2.05, 4.69) is 10.2 Å². The van der Waals surface area contributed by atoms with Crippen molar-refractivity contribution in [2.75, 3.05) is 13.7 Å². The van der Waals surface area contributed by atoms with Gasteiger partial charge in [0.15, 0.2) is 22.6 Å². The summed E-state index contributed by atoms with van der Waals surface area (Å²) in [5, 5.41) is 9.80. The van der Waals surface area contributed by atoms with Gasteiger partial charge in [0, 0.05) is 31.1 Å². The third-order valence-corrected chi connectivity index (χ3v) is 5.73. The second kappa shape index (κ2) is 9.49. The highest BCUT2D eigenvalue weighted by molar-refractivity contribution is 7.99. The maximum Gasteiger partial charge on any atom is 0.192 e. The van der Waals surface area contributed by atoms with Crippen molar-refractivity contribution in [2.45, 2.75) is 30.3 Å². The number of rotatable bonds is 8. The Labute approximate surface area is 171 Å². The van der Waals surface area contributed by atoms with Gasteiger partial charge in [0.05, 0.1) is 5.02 Å². The molecule has 1 atom stereocenters. The SMILES string of the molecule is COCCCn1c(SC(C)c2ccc(F)c(F)c2)nnc1-c1ccccc1Cl. The molecule has 0 saturated heterocycles. The van der Waals surface area contributed by atoms with E-state index in [9.17, 15) is 8.78 Å². The van der Waals surface area contributed by atoms with E-state index in [1.807, 2.05) is 35.8 Å². The minimum Gasteiger partial charge on any atom is -0.385 e. The van der Waals surface area contributed by atoms with Crippen LogP contribution in [0.3, 0.4) is 0 Å². The predicted octanol–water partition coefficient (Wildman–Crippen LogP) is 5.77. The van der Waals surface area contributed by atoms with Crippen molar-refractivity contribution in [2.24, 2.45) is 0 Å². The van der Waals surface area contributed by atoms with Gasteiger partial charge in [-0.05, 0) is 43.2 Å². The molecular weight excluding hydrogens is 404 g/mol. The summed E-state index contributed by atoms with van der Waals surface area (Å²) in [4.78, 5) is 0. The minimum absolute atomic E-state index is 0.139. The molecule has 0 radical (unpaired) electrons. The van der Waals surface area contributed by atoms with Gasteiger partial charge in [-0.2, -0.15) is 0 Å². The molecule has 2 aromatic carbocycles. The first-order valence-corrected chi connectivity index (χ1v) is 10.1. The van der Waals surface area contributed by atoms with Crippen LogP contribution in [0.25, 0.3) is 11.4 Å². The van der Waals surface area contributed by atoms with E-state index in [0.29, 0.717) is 34.7 Å². The average Bonchev–Trinajstić information content (AvgIpc) is 3.07. The molecule has 0 saturated carbocycles. The largest absolute Gasteiger partial charge is 0.385 e. The van der Waals surface area contributed by atoms with E-state index >= 15 is 0 Å². The quantitative estimate of drug-likeness (QED) is 0.341. The minimum atomic E-state index is -0.858. The van der Waals surface area contributed by atoms with Crippen molar-refractivity contribution >= 4 is 23.4 Å². The van der Waals surface area contributed by atoms with Crippen LogP contribution < -0.4 is 0 Å². The lowest BCUT2D eigenvalue weighted by Gasteiger charge is -2.14. The Hall–Kier alpha value is -1.96. The maximum absolute atomic E-state index is 13.6. The van der Waals surface area contributed by atoms with Gasteiger partial charge >= 0.3 is 0 Å². The second-order valence-electron chi connectivity index (χ2n) is 6.22. The van der Waals surface area contributed by atoms with E-state index in [4.69, 9.17) is 16.3 Å². The summed E-state index contributed by atoms with van der Waals surface area (Å²) < 4.78 is 34.0. The Morgan fingerprint density at radius 3 is 2.64 bits per heavy atom. The van der Waals surface area contributed by atoms with Crippen molar-refractivity contribution in [3.63, 3.8) is 0 Å². The fourth-order valence-corrected chi connectivity index (χ4v) is 3.99. The zero-order valence-electron chi connectivity index (χ0n) is 15.5. The first-order chi connectivity index (χ1) is 13.5. The highest BCUT2D eigenvalue weighted by Gasteiger charge is 2.19. The summed E-state index contributed by atoms with van der Waals surface area (Å²) in [5.41, 5.74) is 1.47. The van der Waals surface area contributed by atoms with Crippen molar-refractivity contribution < 1.29 is 13.5 Å². The first-order valence-electron chi connectivity index (χ1n) is 8.80. The normalized spacial score (nSPS) is 12.3. The van der Waals surface area contributed by atoms with Gasteiger partial charge in [0.25, 0.3) is 0 Å². The van der Waals surface area contributed by atoms with Crippen LogP contribution in [0.1, 0.15) is 24.2 Å². The highest BCUT2D eigenvalue weighted by atomic mass is 35.5. The lowest BCUT2D eigenvalue weighted by molar-refractivity contribution is 0.189. The molecule has 148 valence electrons. The molecule has 0 aliphatic rings. The Morgan fingerprint density at radius 1 is 1.14 bits per heavy atom. The molecule has 0 bridgehead atoms. The van der Waals surface area contributed by atoms with E-state index in [-0.39, 0.29) is 5.25 Å². The summed E-state index contributed by atoms with van der Waals surface area (Å²) >= 11 is 7.78. The molecule has 28 heavy (non-hydrogen) atoms. The molecule has 1 aromatic heterocycles. The van der Waals surface area contributed by atoms with E-state index < -0.39 is 11.6 Å². The number of benzene rings is 2. The zero-order chi connectivity index (χ0) is 20.1. The lowest BCUT2D eigenvalue weighted by Crippen LogP contribution is -2.06. The smallest absolute Gasteiger partial charge is 0.192 e. The summed E-state index contributed by atoms with van der Waals surface area (Å²) in [5.74, 6) is -1.05. The summed E-state index contributed by atoms with van der Waals surface area (Å²) in [6.07, 6.45) is 0.777. The number of thioether (sulfide) groups is 1. The zero-order valence-corrected chi connectivity index (χ0v) is 17.1. The number of hydrogen-bond acceptors (Lipinski definition) is 4. The molecule has 3 rings (SSSR count). The molecule has 0 aliphatic carbocycles. The van der Waals surface area contributed by atoms with Crippen LogP contribution in [0, 0.1) is 11.6 Å². The molecule has 0 N–H and O–H groups in total. The van der Waals surface area contributed by atoms with Crippen molar-refractivity contribution in [3.8, 4) is 11.4 Å². The summed E-state index contributed by atoms with van der Waals surface area (Å²) in [7, 11) is 1.65. The van der Waals surface area contributed by atoms with E-state index in [1.54, 1.807) is 13.2 Å². The van der Waals surface area contributed by atoms with Crippen LogP contribution in [-0.4, -0.2) is 28.5 Å². The monoisotopic (exact) mass is 423 g/mol. The predicted molar refractivity (Wildman–Crippen MR) is 108 cm³/mol. The number of nitrogens with zero attached hydrogens (tertiary/aromatic N) is 3. The fourth-order valence-electron chi connectivity index (χ4n) is 2.78. The van der Waals surface area contributed by atoms with E-state index in [1.165, 1.54) is 17.8 Å². The van der Waals surface area contributed by atoms with Crippen LogP contribution in [0.15, 0.2) is 47.6 Å². The molecule has 0 aliphatic heterocycles. The summed E-state index contributed by atoms with van der Waals surface area (Å²) in [6.45, 7) is 3.16. The molecule has 3 aromatic rings. The number of methoxy groups -OCH3 is 1. The second-order valence-corrected chi connectivity index (χ2v) is 7.93. The molecule has 1 unspecified atom stereocenters. The molecule has 4 nitrogen and oxygen atoms in total. The molecule has 0 amide bonds. The van der Waals surface area contributed by atoms with Gasteiger partial charge in [-0.15, -0.1) is 10.2 Å². The maximum atomic E-state index is 13.6. The number of ether oxygens (including phenoxy) is 1. The molecular formula is C20H20ClF2N3OS. The van der Waals surface area contributed by atoms with Crippen LogP contribution in [0.2, 0.25) is 5.02 Å². The molecule has 0 fully saturated rings. The van der Waals surface area contributed by atoms with Crippen LogP contribution in [0.4, 0.5) is 8.78 Å². The Balaban J connectivity index is 1.91. The number of hydrogen-bond donors (Lipinski definition) is 0. The van der Waals surface area contributed by atoms with Gasteiger partial charge < -0.3 is 9.30 Å². The van der Waals surface area contributed by atoms with Gasteiger partial charge in [0.2, 0.25) is 0 Å². The van der Waals surface area contributed by atoms with Crippen molar-refractivity contribution in [1.29, 1.82) is 0 Å². The third-order valence-electron chi connectivity index (χ3n) is 4.26. The molecule has 8 heteroatoms. The molecule has 1 heterocycles. The van der Waals surface area contributed by atoms with Gasteiger partial charge in [-0.25, -0.2) is 8.78 Å². The Kier molecular flexibility index (Phi) is 7.04. The van der Waals surface area contributed by atoms with Crippen LogP contribution >= 0.6 is 23.4 Å². The fraction of sp³-hybridized carbons (Fsp3) is 0.300. The van der Waals surface area contributed by atoms with Gasteiger partial charge in [-0.3, -0.25) is 0 Å². The first kappa shape index (κ1) is 20.8.